The van der Waals surface area contributed by atoms with Crippen molar-refractivity contribution < 1.29 is 42.9 Å². The van der Waals surface area contributed by atoms with Crippen molar-refractivity contribution in [2.24, 2.45) is 0 Å². The van der Waals surface area contributed by atoms with Crippen LogP contribution in [0.3, 0.4) is 0 Å². The molecule has 2 aliphatic carbocycles. The minimum Gasteiger partial charge on any atom is -1.00 e. The predicted molar refractivity (Wildman–Crippen MR) is 183 cm³/mol. The van der Waals surface area contributed by atoms with E-state index < -0.39 is 0 Å². The number of halogens is 2. The van der Waals surface area contributed by atoms with Crippen LogP contribution >= 0.6 is 0 Å². The van der Waals surface area contributed by atoms with E-state index in [0.717, 1.165) is 0 Å². The van der Waals surface area contributed by atoms with Gasteiger partial charge in [-0.1, -0.05) is 97.1 Å². The molecule has 0 unspecified atom stereocenters. The molecule has 0 amide bonds. The van der Waals surface area contributed by atoms with Crippen molar-refractivity contribution in [1.82, 2.24) is 0 Å². The number of benzene rings is 4. The molecule has 46 heavy (non-hydrogen) atoms. The Kier molecular flexibility index (Phi) is 10.6. The molecule has 8 rings (SSSR count). The van der Waals surface area contributed by atoms with E-state index in [-0.39, 0.29) is 34.0 Å². The largest absolute Gasteiger partial charge is 1.00 e. The summed E-state index contributed by atoms with van der Waals surface area (Å²) in [6, 6.07) is 38.3. The molecule has 2 fully saturated rings. The molecular weight excluding hydrogens is 692 g/mol. The summed E-state index contributed by atoms with van der Waals surface area (Å²) in [6.45, 7) is 8.02. The maximum Gasteiger partial charge on any atom is 0.142 e. The smallest absolute Gasteiger partial charge is 0.142 e. The highest BCUT2D eigenvalue weighted by molar-refractivity contribution is 5.79. The Bertz CT molecular complexity index is 1410. The van der Waals surface area contributed by atoms with Crippen molar-refractivity contribution in [2.45, 2.75) is 76.3 Å². The monoisotopic (exact) mass is 740 g/mol. The van der Waals surface area contributed by atoms with Crippen LogP contribution in [-0.4, -0.2) is 48.2 Å². The predicted octanol–water partition coefficient (Wildman–Crippen LogP) is 4.10. The first-order valence-electron chi connectivity index (χ1n) is 17.9. The second kappa shape index (κ2) is 14.5. The van der Waals surface area contributed by atoms with Gasteiger partial charge >= 0.3 is 0 Å². The third-order valence-corrected chi connectivity index (χ3v) is 12.1. The molecule has 2 aliphatic heterocycles. The van der Waals surface area contributed by atoms with Gasteiger partial charge in [-0.05, 0) is 86.5 Å². The zero-order valence-corrected chi connectivity index (χ0v) is 30.5. The summed E-state index contributed by atoms with van der Waals surface area (Å²) in [6.07, 6.45) is 13.8. The fourth-order valence-corrected chi connectivity index (χ4v) is 10.2. The van der Waals surface area contributed by atoms with E-state index in [1.54, 1.807) is 22.3 Å². The summed E-state index contributed by atoms with van der Waals surface area (Å²) >= 11 is 0. The van der Waals surface area contributed by atoms with Crippen molar-refractivity contribution in [3.8, 4) is 22.3 Å². The van der Waals surface area contributed by atoms with Crippen molar-refractivity contribution in [2.75, 3.05) is 39.3 Å². The van der Waals surface area contributed by atoms with Crippen LogP contribution in [0.4, 0.5) is 0 Å². The number of hydrogen-bond acceptors (Lipinski definition) is 0. The average Bonchev–Trinajstić information content (AvgIpc) is 3.61. The Hall–Kier alpha value is -2.24. The molecule has 0 radical (unpaired) electrons. The summed E-state index contributed by atoms with van der Waals surface area (Å²) in [7, 11) is 0. The molecular formula is C42H50Br2N2. The van der Waals surface area contributed by atoms with Gasteiger partial charge in [0.25, 0.3) is 0 Å². The molecule has 4 aromatic carbocycles. The molecule has 2 nitrogen and oxygen atoms in total. The minimum absolute atomic E-state index is 0. The molecule has 0 aromatic heterocycles. The van der Waals surface area contributed by atoms with Gasteiger partial charge in [0.2, 0.25) is 0 Å². The van der Waals surface area contributed by atoms with Crippen LogP contribution < -0.4 is 34.0 Å². The van der Waals surface area contributed by atoms with Gasteiger partial charge in [-0.2, -0.15) is 0 Å². The van der Waals surface area contributed by atoms with Crippen molar-refractivity contribution in [3.05, 3.63) is 119 Å². The molecule has 0 atom stereocenters. The second-order valence-electron chi connectivity index (χ2n) is 14.5. The van der Waals surface area contributed by atoms with Crippen LogP contribution in [0.15, 0.2) is 97.1 Å². The Morgan fingerprint density at radius 2 is 0.652 bits per heavy atom. The highest BCUT2D eigenvalue weighted by Crippen LogP contribution is 2.52. The Morgan fingerprint density at radius 1 is 0.370 bits per heavy atom. The number of rotatable bonds is 9. The lowest BCUT2D eigenvalue weighted by atomic mass is 9.94. The maximum atomic E-state index is 2.44. The molecule has 0 N–H and O–H groups in total. The van der Waals surface area contributed by atoms with E-state index >= 15 is 0 Å². The van der Waals surface area contributed by atoms with E-state index in [0.29, 0.717) is 12.1 Å². The Labute approximate surface area is 298 Å². The van der Waals surface area contributed by atoms with Gasteiger partial charge in [0.1, 0.15) is 12.1 Å². The third-order valence-electron chi connectivity index (χ3n) is 12.1. The summed E-state index contributed by atoms with van der Waals surface area (Å²) in [5.41, 5.74) is 12.3. The molecule has 4 aromatic rings. The molecule has 4 aliphatic rings. The fourth-order valence-electron chi connectivity index (χ4n) is 10.2. The molecule has 2 saturated heterocycles. The summed E-state index contributed by atoms with van der Waals surface area (Å²) in [4.78, 5) is 0. The van der Waals surface area contributed by atoms with E-state index in [4.69, 9.17) is 0 Å². The van der Waals surface area contributed by atoms with Crippen LogP contribution in [0.2, 0.25) is 0 Å². The number of fused-ring (bicyclic) bond motifs is 6. The molecule has 4 heteroatoms. The lowest BCUT2D eigenvalue weighted by Gasteiger charge is -2.47. The molecule has 0 spiro atoms. The SMILES string of the molecule is [Br-].[Br-].c1ccc2c(c1)-c1ccccc1C2[N+]1(CCCCCC[N+]2(C3c4ccccc4-c4ccccc43)CCCCC2)CCCCC1. The number of likely N-dealkylation sites (tertiary alicyclic amines) is 2. The van der Waals surface area contributed by atoms with E-state index in [2.05, 4.69) is 97.1 Å². The topological polar surface area (TPSA) is 0 Å². The highest BCUT2D eigenvalue weighted by Gasteiger charge is 2.46. The number of quaternary nitrogens is 2. The standard InChI is InChI=1S/C42H50N2.2BrH/c1(13-27-43(29-15-3-16-30-43)41-37-23-9-5-19-33(37)34-20-6-10-24-38(34)41)2-14-28-44(31-17-4-18-32-44)42-39-25-11-7-21-35(39)36-22-8-12-26-40(36)42;;/h5-12,19-26,41-42H,1-4,13-18,27-32H2;2*1H/q+2;;/p-2. The highest BCUT2D eigenvalue weighted by atomic mass is 79.9. The summed E-state index contributed by atoms with van der Waals surface area (Å²) in [5, 5.41) is 0. The normalized spacial score (nSPS) is 19.2. The van der Waals surface area contributed by atoms with Gasteiger partial charge in [-0.3, -0.25) is 0 Å². The van der Waals surface area contributed by atoms with E-state index in [9.17, 15) is 0 Å². The van der Waals surface area contributed by atoms with Gasteiger partial charge in [0.15, 0.2) is 0 Å². The summed E-state index contributed by atoms with van der Waals surface area (Å²) < 4.78 is 2.56. The maximum absolute atomic E-state index is 2.44. The Balaban J connectivity index is 0.00000186. The molecule has 0 saturated carbocycles. The molecule has 2 heterocycles. The van der Waals surface area contributed by atoms with E-state index in [1.807, 2.05) is 0 Å². The number of hydrogen-bond donors (Lipinski definition) is 0. The lowest BCUT2D eigenvalue weighted by Crippen LogP contribution is -3.00. The first-order valence-corrected chi connectivity index (χ1v) is 17.9. The van der Waals surface area contributed by atoms with Gasteiger partial charge in [-0.15, -0.1) is 0 Å². The zero-order valence-electron chi connectivity index (χ0n) is 27.4. The number of unbranched alkanes of at least 4 members (excludes halogenated alkanes) is 3. The first kappa shape index (κ1) is 33.7. The van der Waals surface area contributed by atoms with Crippen LogP contribution in [0, 0.1) is 0 Å². The summed E-state index contributed by atoms with van der Waals surface area (Å²) in [5.74, 6) is 0. The first-order chi connectivity index (χ1) is 21.8. The van der Waals surface area contributed by atoms with Crippen LogP contribution in [0.25, 0.3) is 22.3 Å². The lowest BCUT2D eigenvalue weighted by molar-refractivity contribution is -0.956. The quantitative estimate of drug-likeness (QED) is 0.179. The van der Waals surface area contributed by atoms with E-state index in [1.165, 1.54) is 135 Å². The van der Waals surface area contributed by atoms with Crippen molar-refractivity contribution in [3.63, 3.8) is 0 Å². The fraction of sp³-hybridized carbons (Fsp3) is 0.429. The van der Waals surface area contributed by atoms with Crippen molar-refractivity contribution >= 4 is 0 Å². The molecule has 0 bridgehead atoms. The van der Waals surface area contributed by atoms with Gasteiger partial charge in [0.05, 0.1) is 39.3 Å². The van der Waals surface area contributed by atoms with Gasteiger partial charge in [0, 0.05) is 22.3 Å². The Morgan fingerprint density at radius 3 is 0.957 bits per heavy atom. The third kappa shape index (κ3) is 5.87. The minimum atomic E-state index is 0. The van der Waals surface area contributed by atoms with Crippen LogP contribution in [0.5, 0.6) is 0 Å². The zero-order chi connectivity index (χ0) is 29.4. The number of piperidine rings is 2. The second-order valence-corrected chi connectivity index (χ2v) is 14.5. The van der Waals surface area contributed by atoms with Gasteiger partial charge in [-0.25, -0.2) is 0 Å². The van der Waals surface area contributed by atoms with Crippen molar-refractivity contribution in [1.29, 1.82) is 0 Å². The van der Waals surface area contributed by atoms with Crippen LogP contribution in [-0.2, 0) is 0 Å². The van der Waals surface area contributed by atoms with Gasteiger partial charge < -0.3 is 42.9 Å². The van der Waals surface area contributed by atoms with Crippen LogP contribution in [0.1, 0.15) is 98.5 Å². The number of nitrogens with zero attached hydrogens (tertiary/aromatic N) is 2. The average molecular weight is 743 g/mol. The molecule has 242 valence electrons.